The lowest BCUT2D eigenvalue weighted by Gasteiger charge is -2.36. The van der Waals surface area contributed by atoms with Crippen LogP contribution in [0.3, 0.4) is 0 Å². The molecule has 3 rings (SSSR count). The molecule has 0 bridgehead atoms. The Balaban J connectivity index is 1.58. The number of ketones is 1. The van der Waals surface area contributed by atoms with Crippen molar-refractivity contribution in [2.45, 2.75) is 0 Å². The largest absolute Gasteiger partial charge is 0.368 e. The van der Waals surface area contributed by atoms with Crippen LogP contribution < -0.4 is 4.90 Å². The lowest BCUT2D eigenvalue weighted by molar-refractivity contribution is 0.0926. The van der Waals surface area contributed by atoms with E-state index in [1.54, 1.807) is 24.3 Å². The minimum atomic E-state index is 0.109. The second-order valence-corrected chi connectivity index (χ2v) is 6.26. The van der Waals surface area contributed by atoms with Gasteiger partial charge in [0.1, 0.15) is 6.07 Å². The number of hydrogen-bond donors (Lipinski definition) is 0. The number of nitrogens with zero attached hydrogens (tertiary/aromatic N) is 3. The molecule has 0 spiro atoms. The number of rotatable bonds is 4. The smallest absolute Gasteiger partial charge is 0.176 e. The molecule has 1 fully saturated rings. The zero-order valence-electron chi connectivity index (χ0n) is 13.3. The Morgan fingerprint density at radius 1 is 1.04 bits per heavy atom. The molecule has 5 heteroatoms. The quantitative estimate of drug-likeness (QED) is 0.802. The van der Waals surface area contributed by atoms with Gasteiger partial charge in [-0.25, -0.2) is 0 Å². The molecule has 0 radical (unpaired) electrons. The van der Waals surface area contributed by atoms with E-state index < -0.39 is 0 Å². The molecule has 0 N–H and O–H groups in total. The number of carbonyl (C=O) groups excluding carboxylic acids is 1. The summed E-state index contributed by atoms with van der Waals surface area (Å²) >= 11 is 5.86. The zero-order valence-corrected chi connectivity index (χ0v) is 14.0. The number of benzene rings is 2. The Hall–Kier alpha value is -2.35. The van der Waals surface area contributed by atoms with Gasteiger partial charge in [0.15, 0.2) is 5.78 Å². The van der Waals surface area contributed by atoms with E-state index in [0.29, 0.717) is 22.7 Å². The molecule has 0 atom stereocenters. The van der Waals surface area contributed by atoms with E-state index in [-0.39, 0.29) is 5.78 Å². The van der Waals surface area contributed by atoms with Gasteiger partial charge in [-0.1, -0.05) is 23.7 Å². The molecule has 0 aliphatic carbocycles. The number of halogens is 1. The van der Waals surface area contributed by atoms with Crippen molar-refractivity contribution in [1.82, 2.24) is 4.90 Å². The third-order valence-corrected chi connectivity index (χ3v) is 4.52. The Morgan fingerprint density at radius 2 is 1.71 bits per heavy atom. The fraction of sp³-hybridized carbons (Fsp3) is 0.263. The van der Waals surface area contributed by atoms with E-state index in [9.17, 15) is 10.1 Å². The van der Waals surface area contributed by atoms with Crippen LogP contribution in [0.1, 0.15) is 15.9 Å². The van der Waals surface area contributed by atoms with Gasteiger partial charge in [-0.3, -0.25) is 9.69 Å². The molecular formula is C19H18ClN3O. The van der Waals surface area contributed by atoms with Crippen LogP contribution in [0.5, 0.6) is 0 Å². The highest BCUT2D eigenvalue weighted by Crippen LogP contribution is 2.21. The van der Waals surface area contributed by atoms with Gasteiger partial charge in [0.05, 0.1) is 17.8 Å². The Bertz CT molecular complexity index is 759. The van der Waals surface area contributed by atoms with Crippen molar-refractivity contribution in [3.8, 4) is 6.07 Å². The van der Waals surface area contributed by atoms with E-state index in [1.165, 1.54) is 0 Å². The summed E-state index contributed by atoms with van der Waals surface area (Å²) in [6, 6.07) is 16.9. The number of anilines is 1. The molecule has 0 aromatic heterocycles. The molecule has 1 saturated heterocycles. The summed E-state index contributed by atoms with van der Waals surface area (Å²) in [4.78, 5) is 16.7. The molecule has 1 aliphatic heterocycles. The van der Waals surface area contributed by atoms with Crippen molar-refractivity contribution in [1.29, 1.82) is 5.26 Å². The number of Topliss-reactive ketones (excluding diaryl/α,β-unsaturated/α-hetero) is 1. The minimum absolute atomic E-state index is 0.109. The van der Waals surface area contributed by atoms with Gasteiger partial charge in [0, 0.05) is 36.8 Å². The molecular weight excluding hydrogens is 322 g/mol. The monoisotopic (exact) mass is 339 g/mol. The summed E-state index contributed by atoms with van der Waals surface area (Å²) in [6.45, 7) is 3.65. The average Bonchev–Trinajstić information content (AvgIpc) is 2.63. The molecule has 2 aromatic carbocycles. The summed E-state index contributed by atoms with van der Waals surface area (Å²) in [6.07, 6.45) is 0. The van der Waals surface area contributed by atoms with Gasteiger partial charge < -0.3 is 4.90 Å². The van der Waals surface area contributed by atoms with E-state index in [2.05, 4.69) is 15.9 Å². The first-order chi connectivity index (χ1) is 11.7. The SMILES string of the molecule is N#Cc1ccccc1N1CCN(CC(=O)c2ccc(Cl)cc2)CC1. The van der Waals surface area contributed by atoms with Crippen LogP contribution in [0.15, 0.2) is 48.5 Å². The molecule has 2 aromatic rings. The first-order valence-electron chi connectivity index (χ1n) is 7.92. The molecule has 0 amide bonds. The second-order valence-electron chi connectivity index (χ2n) is 5.82. The predicted molar refractivity (Wildman–Crippen MR) is 95.6 cm³/mol. The predicted octanol–water partition coefficient (Wildman–Crippen LogP) is 3.22. The van der Waals surface area contributed by atoms with Crippen LogP contribution in [0.4, 0.5) is 5.69 Å². The van der Waals surface area contributed by atoms with Gasteiger partial charge in [-0.05, 0) is 36.4 Å². The summed E-state index contributed by atoms with van der Waals surface area (Å²) in [7, 11) is 0. The maximum Gasteiger partial charge on any atom is 0.176 e. The molecule has 24 heavy (non-hydrogen) atoms. The molecule has 0 unspecified atom stereocenters. The molecule has 1 aliphatic rings. The van der Waals surface area contributed by atoms with Crippen molar-refractivity contribution < 1.29 is 4.79 Å². The number of nitriles is 1. The molecule has 122 valence electrons. The summed E-state index contributed by atoms with van der Waals surface area (Å²) in [5.74, 6) is 0.109. The van der Waals surface area contributed by atoms with Gasteiger partial charge >= 0.3 is 0 Å². The second kappa shape index (κ2) is 7.48. The van der Waals surface area contributed by atoms with Crippen LogP contribution >= 0.6 is 11.6 Å². The number of piperazine rings is 1. The van der Waals surface area contributed by atoms with Crippen LogP contribution in [0.2, 0.25) is 5.02 Å². The average molecular weight is 340 g/mol. The number of hydrogen-bond acceptors (Lipinski definition) is 4. The lowest BCUT2D eigenvalue weighted by Crippen LogP contribution is -2.48. The summed E-state index contributed by atoms with van der Waals surface area (Å²) in [5, 5.41) is 9.86. The van der Waals surface area contributed by atoms with Crippen molar-refractivity contribution in [3.63, 3.8) is 0 Å². The highest BCUT2D eigenvalue weighted by Gasteiger charge is 2.21. The van der Waals surface area contributed by atoms with Crippen molar-refractivity contribution in [2.24, 2.45) is 0 Å². The van der Waals surface area contributed by atoms with Gasteiger partial charge in [0.2, 0.25) is 0 Å². The highest BCUT2D eigenvalue weighted by molar-refractivity contribution is 6.30. The van der Waals surface area contributed by atoms with Crippen LogP contribution in [0.25, 0.3) is 0 Å². The summed E-state index contributed by atoms with van der Waals surface area (Å²) < 4.78 is 0. The summed E-state index contributed by atoms with van der Waals surface area (Å²) in [5.41, 5.74) is 2.36. The van der Waals surface area contributed by atoms with Crippen LogP contribution in [0, 0.1) is 11.3 Å². The fourth-order valence-corrected chi connectivity index (χ4v) is 3.05. The molecule has 1 heterocycles. The van der Waals surface area contributed by atoms with Crippen molar-refractivity contribution in [3.05, 3.63) is 64.7 Å². The Kier molecular flexibility index (Phi) is 5.14. The third kappa shape index (κ3) is 3.76. The highest BCUT2D eigenvalue weighted by atomic mass is 35.5. The van der Waals surface area contributed by atoms with Crippen molar-refractivity contribution in [2.75, 3.05) is 37.6 Å². The maximum absolute atomic E-state index is 12.3. The van der Waals surface area contributed by atoms with E-state index in [0.717, 1.165) is 31.9 Å². The standard InChI is InChI=1S/C19H18ClN3O/c20-17-7-5-15(6-8-17)19(24)14-22-9-11-23(12-10-22)18-4-2-1-3-16(18)13-21/h1-8H,9-12,14H2. The number of carbonyl (C=O) groups is 1. The van der Waals surface area contributed by atoms with Crippen LogP contribution in [-0.4, -0.2) is 43.4 Å². The minimum Gasteiger partial charge on any atom is -0.368 e. The van der Waals surface area contributed by atoms with E-state index in [4.69, 9.17) is 11.6 Å². The number of para-hydroxylation sites is 1. The van der Waals surface area contributed by atoms with Gasteiger partial charge in [0.25, 0.3) is 0 Å². The lowest BCUT2D eigenvalue weighted by atomic mass is 10.1. The Labute approximate surface area is 146 Å². The first-order valence-corrected chi connectivity index (χ1v) is 8.30. The Morgan fingerprint density at radius 3 is 2.38 bits per heavy atom. The fourth-order valence-electron chi connectivity index (χ4n) is 2.92. The third-order valence-electron chi connectivity index (χ3n) is 4.27. The molecule has 4 nitrogen and oxygen atoms in total. The molecule has 0 saturated carbocycles. The van der Waals surface area contributed by atoms with Gasteiger partial charge in [-0.2, -0.15) is 5.26 Å². The first kappa shape index (κ1) is 16.5. The van der Waals surface area contributed by atoms with Crippen LogP contribution in [-0.2, 0) is 0 Å². The van der Waals surface area contributed by atoms with Crippen molar-refractivity contribution >= 4 is 23.1 Å². The topological polar surface area (TPSA) is 47.3 Å². The van der Waals surface area contributed by atoms with E-state index >= 15 is 0 Å². The van der Waals surface area contributed by atoms with E-state index in [1.807, 2.05) is 24.3 Å². The maximum atomic E-state index is 12.3. The normalized spacial score (nSPS) is 15.1. The zero-order chi connectivity index (χ0) is 16.9. The van der Waals surface area contributed by atoms with Gasteiger partial charge in [-0.15, -0.1) is 0 Å².